The maximum absolute atomic E-state index is 11.6. The molecule has 6 heteroatoms. The van der Waals surface area contributed by atoms with Crippen molar-refractivity contribution >= 4 is 11.9 Å². The summed E-state index contributed by atoms with van der Waals surface area (Å²) in [5.41, 5.74) is 0. The molecule has 0 aromatic heterocycles. The number of amides is 3. The summed E-state index contributed by atoms with van der Waals surface area (Å²) in [7, 11) is 0. The molecule has 0 unspecified atom stereocenters. The third kappa shape index (κ3) is 4.48. The first-order valence-electron chi connectivity index (χ1n) is 5.61. The van der Waals surface area contributed by atoms with Gasteiger partial charge in [-0.25, -0.2) is 4.79 Å². The lowest BCUT2D eigenvalue weighted by Gasteiger charge is -2.26. The Labute approximate surface area is 95.3 Å². The molecule has 92 valence electrons. The normalized spacial score (nSPS) is 15.7. The highest BCUT2D eigenvalue weighted by Gasteiger charge is 2.16. The maximum Gasteiger partial charge on any atom is 0.314 e. The molecule has 1 saturated heterocycles. The molecular formula is C10H19N3O3. The Morgan fingerprint density at radius 3 is 2.56 bits per heavy atom. The molecule has 0 saturated carbocycles. The largest absolute Gasteiger partial charge is 0.378 e. The minimum atomic E-state index is -0.225. The average molecular weight is 229 g/mol. The molecule has 0 aromatic carbocycles. The molecule has 1 aliphatic heterocycles. The Kier molecular flexibility index (Phi) is 5.63. The molecule has 1 heterocycles. The van der Waals surface area contributed by atoms with Gasteiger partial charge >= 0.3 is 6.03 Å². The van der Waals surface area contributed by atoms with E-state index in [4.69, 9.17) is 4.74 Å². The van der Waals surface area contributed by atoms with Gasteiger partial charge in [-0.2, -0.15) is 0 Å². The smallest absolute Gasteiger partial charge is 0.314 e. The number of hydrogen-bond acceptors (Lipinski definition) is 3. The molecule has 6 nitrogen and oxygen atoms in total. The molecule has 0 spiro atoms. The van der Waals surface area contributed by atoms with Crippen molar-refractivity contribution in [2.75, 3.05) is 39.4 Å². The van der Waals surface area contributed by atoms with Crippen molar-refractivity contribution in [2.45, 2.75) is 13.3 Å². The SMILES string of the molecule is CCNC(=O)NCCC(=O)N1CCOCC1. The standard InChI is InChI=1S/C10H19N3O3/c1-2-11-10(15)12-4-3-9(14)13-5-7-16-8-6-13/h2-8H2,1H3,(H2,11,12,15). The zero-order chi connectivity index (χ0) is 11.8. The minimum absolute atomic E-state index is 0.0695. The van der Waals surface area contributed by atoms with Crippen LogP contribution in [0.3, 0.4) is 0 Å². The molecule has 0 bridgehead atoms. The lowest BCUT2D eigenvalue weighted by molar-refractivity contribution is -0.135. The van der Waals surface area contributed by atoms with Crippen LogP contribution in [0.25, 0.3) is 0 Å². The highest BCUT2D eigenvalue weighted by Crippen LogP contribution is 1.99. The van der Waals surface area contributed by atoms with Gasteiger partial charge in [0, 0.05) is 32.6 Å². The van der Waals surface area contributed by atoms with Crippen LogP contribution in [0.5, 0.6) is 0 Å². The van der Waals surface area contributed by atoms with Crippen molar-refractivity contribution in [2.24, 2.45) is 0 Å². The van der Waals surface area contributed by atoms with Crippen LogP contribution in [0.15, 0.2) is 0 Å². The fourth-order valence-electron chi connectivity index (χ4n) is 1.48. The van der Waals surface area contributed by atoms with E-state index in [9.17, 15) is 9.59 Å². The van der Waals surface area contributed by atoms with Crippen LogP contribution in [-0.2, 0) is 9.53 Å². The van der Waals surface area contributed by atoms with E-state index in [0.29, 0.717) is 45.8 Å². The first kappa shape index (κ1) is 12.8. The predicted octanol–water partition coefficient (Wildman–Crippen LogP) is -0.446. The van der Waals surface area contributed by atoms with E-state index in [2.05, 4.69) is 10.6 Å². The van der Waals surface area contributed by atoms with Crippen molar-refractivity contribution in [1.82, 2.24) is 15.5 Å². The quantitative estimate of drug-likeness (QED) is 0.686. The second-order valence-corrected chi connectivity index (χ2v) is 3.53. The molecule has 3 amide bonds. The number of carbonyl (C=O) groups excluding carboxylic acids is 2. The molecule has 16 heavy (non-hydrogen) atoms. The van der Waals surface area contributed by atoms with Gasteiger partial charge in [0.1, 0.15) is 0 Å². The summed E-state index contributed by atoms with van der Waals surface area (Å²) < 4.78 is 5.15. The molecular weight excluding hydrogens is 210 g/mol. The summed E-state index contributed by atoms with van der Waals surface area (Å²) in [6, 6.07) is -0.225. The minimum Gasteiger partial charge on any atom is -0.378 e. The van der Waals surface area contributed by atoms with Gasteiger partial charge in [0.25, 0.3) is 0 Å². The molecule has 0 aromatic rings. The first-order valence-corrected chi connectivity index (χ1v) is 5.61. The Hall–Kier alpha value is -1.30. The van der Waals surface area contributed by atoms with Gasteiger partial charge in [0.15, 0.2) is 0 Å². The Morgan fingerprint density at radius 1 is 1.25 bits per heavy atom. The molecule has 1 rings (SSSR count). The van der Waals surface area contributed by atoms with E-state index in [1.165, 1.54) is 0 Å². The van der Waals surface area contributed by atoms with Crippen molar-refractivity contribution in [1.29, 1.82) is 0 Å². The van der Waals surface area contributed by atoms with E-state index in [1.807, 2.05) is 6.92 Å². The zero-order valence-electron chi connectivity index (χ0n) is 9.62. The number of urea groups is 1. The van der Waals surface area contributed by atoms with Gasteiger partial charge in [-0.3, -0.25) is 4.79 Å². The summed E-state index contributed by atoms with van der Waals surface area (Å²) >= 11 is 0. The molecule has 0 radical (unpaired) electrons. The van der Waals surface area contributed by atoms with Crippen molar-refractivity contribution in [3.8, 4) is 0 Å². The van der Waals surface area contributed by atoms with Crippen LogP contribution < -0.4 is 10.6 Å². The number of nitrogens with zero attached hydrogens (tertiary/aromatic N) is 1. The van der Waals surface area contributed by atoms with Crippen LogP contribution in [0.4, 0.5) is 4.79 Å². The van der Waals surface area contributed by atoms with Crippen molar-refractivity contribution in [3.05, 3.63) is 0 Å². The predicted molar refractivity (Wildman–Crippen MR) is 59.1 cm³/mol. The lowest BCUT2D eigenvalue weighted by atomic mass is 10.3. The monoisotopic (exact) mass is 229 g/mol. The summed E-state index contributed by atoms with van der Waals surface area (Å²) in [4.78, 5) is 24.4. The maximum atomic E-state index is 11.6. The fourth-order valence-corrected chi connectivity index (χ4v) is 1.48. The molecule has 0 aliphatic carbocycles. The van der Waals surface area contributed by atoms with Gasteiger partial charge in [-0.1, -0.05) is 0 Å². The van der Waals surface area contributed by atoms with Gasteiger partial charge in [-0.15, -0.1) is 0 Å². The number of ether oxygens (including phenoxy) is 1. The van der Waals surface area contributed by atoms with Gasteiger partial charge in [0.2, 0.25) is 5.91 Å². The zero-order valence-corrected chi connectivity index (χ0v) is 9.62. The Bertz CT molecular complexity index is 239. The van der Waals surface area contributed by atoms with Gasteiger partial charge < -0.3 is 20.3 Å². The number of carbonyl (C=O) groups is 2. The van der Waals surface area contributed by atoms with E-state index in [0.717, 1.165) is 0 Å². The van der Waals surface area contributed by atoms with Crippen LogP contribution in [0, 0.1) is 0 Å². The second kappa shape index (κ2) is 7.05. The lowest BCUT2D eigenvalue weighted by Crippen LogP contribution is -2.43. The average Bonchev–Trinajstić information content (AvgIpc) is 2.30. The molecule has 1 fully saturated rings. The second-order valence-electron chi connectivity index (χ2n) is 3.53. The van der Waals surface area contributed by atoms with Crippen molar-refractivity contribution in [3.63, 3.8) is 0 Å². The summed E-state index contributed by atoms with van der Waals surface area (Å²) in [6.45, 7) is 5.33. The highest BCUT2D eigenvalue weighted by atomic mass is 16.5. The first-order chi connectivity index (χ1) is 7.74. The van der Waals surface area contributed by atoms with Crippen molar-refractivity contribution < 1.29 is 14.3 Å². The summed E-state index contributed by atoms with van der Waals surface area (Å²) in [5, 5.41) is 5.23. The Balaban J connectivity index is 2.12. The third-order valence-electron chi connectivity index (χ3n) is 2.33. The summed E-state index contributed by atoms with van der Waals surface area (Å²) in [5.74, 6) is 0.0695. The van der Waals surface area contributed by atoms with Crippen LogP contribution in [0.1, 0.15) is 13.3 Å². The van der Waals surface area contributed by atoms with Crippen LogP contribution in [0.2, 0.25) is 0 Å². The third-order valence-corrected chi connectivity index (χ3v) is 2.33. The van der Waals surface area contributed by atoms with E-state index >= 15 is 0 Å². The fraction of sp³-hybridized carbons (Fsp3) is 0.800. The van der Waals surface area contributed by atoms with Gasteiger partial charge in [0.05, 0.1) is 13.2 Å². The number of morpholine rings is 1. The van der Waals surface area contributed by atoms with E-state index in [1.54, 1.807) is 4.90 Å². The highest BCUT2D eigenvalue weighted by molar-refractivity contribution is 5.78. The van der Waals surface area contributed by atoms with Crippen LogP contribution in [-0.4, -0.2) is 56.2 Å². The van der Waals surface area contributed by atoms with E-state index in [-0.39, 0.29) is 11.9 Å². The molecule has 1 aliphatic rings. The number of nitrogens with one attached hydrogen (secondary N) is 2. The molecule has 2 N–H and O–H groups in total. The van der Waals surface area contributed by atoms with Crippen LogP contribution >= 0.6 is 0 Å². The van der Waals surface area contributed by atoms with Gasteiger partial charge in [-0.05, 0) is 6.92 Å². The topological polar surface area (TPSA) is 70.7 Å². The Morgan fingerprint density at radius 2 is 1.94 bits per heavy atom. The molecule has 0 atom stereocenters. The summed E-state index contributed by atoms with van der Waals surface area (Å²) in [6.07, 6.45) is 0.344. The number of rotatable bonds is 4. The van der Waals surface area contributed by atoms with E-state index < -0.39 is 0 Å². The number of hydrogen-bond donors (Lipinski definition) is 2.